The Morgan fingerprint density at radius 1 is 1.21 bits per heavy atom. The molecule has 0 unspecified atom stereocenters. The molecule has 1 aromatic carbocycles. The molecular formula is C22H30N4O2. The van der Waals surface area contributed by atoms with Gasteiger partial charge in [-0.05, 0) is 50.4 Å². The molecule has 0 bridgehead atoms. The monoisotopic (exact) mass is 382 g/mol. The maximum atomic E-state index is 13.4. The molecule has 2 saturated heterocycles. The molecule has 6 nitrogen and oxygen atoms in total. The first kappa shape index (κ1) is 19.0. The van der Waals surface area contributed by atoms with Gasteiger partial charge in [-0.15, -0.1) is 0 Å². The highest BCUT2D eigenvalue weighted by atomic mass is 16.5. The van der Waals surface area contributed by atoms with Crippen LogP contribution in [0.4, 0.5) is 0 Å². The van der Waals surface area contributed by atoms with Gasteiger partial charge in [-0.2, -0.15) is 0 Å². The molecule has 2 aliphatic rings. The summed E-state index contributed by atoms with van der Waals surface area (Å²) in [5.41, 5.74) is 2.13. The molecule has 0 saturated carbocycles. The van der Waals surface area contributed by atoms with Crippen molar-refractivity contribution in [2.75, 3.05) is 26.7 Å². The minimum absolute atomic E-state index is 0.218. The SMILES string of the molecule is COc1cccc(CN2CCC[C@]3(CCN(Cc4cnc(C)n4C)C3)C2=O)c1. The van der Waals surface area contributed by atoms with E-state index in [0.29, 0.717) is 12.5 Å². The standard InChI is InChI=1S/C22H30N4O2/c1-17-23-13-19(24(17)2)15-25-11-9-22(16-25)8-5-10-26(21(22)27)14-18-6-4-7-20(12-18)28-3/h4,6-7,12-13H,5,8-11,14-16H2,1-3H3/t22-/m1/s1. The lowest BCUT2D eigenvalue weighted by atomic mass is 9.78. The second kappa shape index (κ2) is 7.59. The summed E-state index contributed by atoms with van der Waals surface area (Å²) >= 11 is 0. The molecule has 1 amide bonds. The second-order valence-electron chi connectivity index (χ2n) is 8.28. The summed E-state index contributed by atoms with van der Waals surface area (Å²) < 4.78 is 7.47. The molecule has 3 heterocycles. The van der Waals surface area contributed by atoms with E-state index in [9.17, 15) is 4.79 Å². The van der Waals surface area contributed by atoms with Crippen LogP contribution in [0.15, 0.2) is 30.5 Å². The van der Waals surface area contributed by atoms with Crippen LogP contribution in [-0.2, 0) is 24.9 Å². The average Bonchev–Trinajstić information content (AvgIpc) is 3.25. The number of nitrogens with zero attached hydrogens (tertiary/aromatic N) is 4. The summed E-state index contributed by atoms with van der Waals surface area (Å²) in [6, 6.07) is 8.03. The Balaban J connectivity index is 1.44. The third-order valence-corrected chi connectivity index (χ3v) is 6.47. The zero-order valence-corrected chi connectivity index (χ0v) is 17.1. The molecule has 0 aliphatic carbocycles. The number of carbonyl (C=O) groups is 1. The fraction of sp³-hybridized carbons (Fsp3) is 0.545. The summed E-state index contributed by atoms with van der Waals surface area (Å²) in [5.74, 6) is 2.20. The topological polar surface area (TPSA) is 50.6 Å². The highest BCUT2D eigenvalue weighted by Crippen LogP contribution is 2.41. The minimum atomic E-state index is -0.218. The van der Waals surface area contributed by atoms with Crippen LogP contribution in [0, 0.1) is 12.3 Å². The van der Waals surface area contributed by atoms with Gasteiger partial charge >= 0.3 is 0 Å². The van der Waals surface area contributed by atoms with Gasteiger partial charge in [0.25, 0.3) is 0 Å². The highest BCUT2D eigenvalue weighted by Gasteiger charge is 2.48. The van der Waals surface area contributed by atoms with Gasteiger partial charge < -0.3 is 14.2 Å². The molecule has 2 aliphatic heterocycles. The number of rotatable bonds is 5. The first-order valence-electron chi connectivity index (χ1n) is 10.1. The number of methoxy groups -OCH3 is 1. The Hall–Kier alpha value is -2.34. The smallest absolute Gasteiger partial charge is 0.230 e. The van der Waals surface area contributed by atoms with Gasteiger partial charge in [0, 0.05) is 39.4 Å². The molecule has 28 heavy (non-hydrogen) atoms. The number of aryl methyl sites for hydroxylation is 1. The molecule has 2 aromatic rings. The molecule has 1 aromatic heterocycles. The Bertz CT molecular complexity index is 862. The average molecular weight is 383 g/mol. The molecular weight excluding hydrogens is 352 g/mol. The normalized spacial score (nSPS) is 23.0. The molecule has 0 radical (unpaired) electrons. The van der Waals surface area contributed by atoms with Crippen LogP contribution in [-0.4, -0.2) is 52.0 Å². The predicted octanol–water partition coefficient (Wildman–Crippen LogP) is 2.75. The maximum absolute atomic E-state index is 13.4. The van der Waals surface area contributed by atoms with E-state index in [-0.39, 0.29) is 5.41 Å². The van der Waals surface area contributed by atoms with Crippen LogP contribution in [0.3, 0.4) is 0 Å². The van der Waals surface area contributed by atoms with Gasteiger partial charge in [-0.25, -0.2) is 4.98 Å². The molecule has 4 rings (SSSR count). The Morgan fingerprint density at radius 2 is 2.07 bits per heavy atom. The molecule has 1 spiro atoms. The molecule has 6 heteroatoms. The zero-order valence-electron chi connectivity index (χ0n) is 17.1. The number of amides is 1. The third kappa shape index (κ3) is 3.53. The number of carbonyl (C=O) groups excluding carboxylic acids is 1. The van der Waals surface area contributed by atoms with Gasteiger partial charge in [0.05, 0.1) is 18.2 Å². The van der Waals surface area contributed by atoms with Crippen molar-refractivity contribution >= 4 is 5.91 Å². The first-order valence-corrected chi connectivity index (χ1v) is 10.1. The summed E-state index contributed by atoms with van der Waals surface area (Å²) in [6.07, 6.45) is 4.99. The number of imidazole rings is 1. The largest absolute Gasteiger partial charge is 0.497 e. The summed E-state index contributed by atoms with van der Waals surface area (Å²) in [5, 5.41) is 0. The molecule has 1 atom stereocenters. The van der Waals surface area contributed by atoms with E-state index in [0.717, 1.165) is 62.6 Å². The zero-order chi connectivity index (χ0) is 19.7. The van der Waals surface area contributed by atoms with Gasteiger partial charge in [0.2, 0.25) is 5.91 Å². The van der Waals surface area contributed by atoms with E-state index < -0.39 is 0 Å². The third-order valence-electron chi connectivity index (χ3n) is 6.47. The lowest BCUT2D eigenvalue weighted by Gasteiger charge is -2.39. The van der Waals surface area contributed by atoms with E-state index in [2.05, 4.69) is 32.5 Å². The van der Waals surface area contributed by atoms with Crippen molar-refractivity contribution in [3.8, 4) is 5.75 Å². The van der Waals surface area contributed by atoms with Crippen LogP contribution >= 0.6 is 0 Å². The van der Waals surface area contributed by atoms with Crippen molar-refractivity contribution in [1.82, 2.24) is 19.4 Å². The second-order valence-corrected chi connectivity index (χ2v) is 8.28. The first-order chi connectivity index (χ1) is 13.5. The summed E-state index contributed by atoms with van der Waals surface area (Å²) in [7, 11) is 3.74. The van der Waals surface area contributed by atoms with Crippen LogP contribution in [0.2, 0.25) is 0 Å². The van der Waals surface area contributed by atoms with E-state index >= 15 is 0 Å². The maximum Gasteiger partial charge on any atom is 0.230 e. The summed E-state index contributed by atoms with van der Waals surface area (Å²) in [4.78, 5) is 22.3. The van der Waals surface area contributed by atoms with Crippen LogP contribution in [0.5, 0.6) is 5.75 Å². The molecule has 0 N–H and O–H groups in total. The number of hydrogen-bond acceptors (Lipinski definition) is 4. The quantitative estimate of drug-likeness (QED) is 0.798. The fourth-order valence-corrected chi connectivity index (χ4v) is 4.69. The number of aromatic nitrogens is 2. The van der Waals surface area contributed by atoms with Gasteiger partial charge in [0.1, 0.15) is 11.6 Å². The number of hydrogen-bond donors (Lipinski definition) is 0. The highest BCUT2D eigenvalue weighted by molar-refractivity contribution is 5.84. The van der Waals surface area contributed by atoms with Crippen molar-refractivity contribution in [1.29, 1.82) is 0 Å². The van der Waals surface area contributed by atoms with E-state index in [1.54, 1.807) is 7.11 Å². The van der Waals surface area contributed by atoms with E-state index in [1.807, 2.05) is 31.3 Å². The lowest BCUT2D eigenvalue weighted by molar-refractivity contribution is -0.146. The van der Waals surface area contributed by atoms with E-state index in [1.165, 1.54) is 5.69 Å². The molecule has 150 valence electrons. The fourth-order valence-electron chi connectivity index (χ4n) is 4.69. The Morgan fingerprint density at radius 3 is 2.82 bits per heavy atom. The minimum Gasteiger partial charge on any atom is -0.497 e. The lowest BCUT2D eigenvalue weighted by Crippen LogP contribution is -2.49. The number of piperidine rings is 1. The number of ether oxygens (including phenoxy) is 1. The van der Waals surface area contributed by atoms with Crippen molar-refractivity contribution in [3.63, 3.8) is 0 Å². The van der Waals surface area contributed by atoms with Gasteiger partial charge in [-0.1, -0.05) is 12.1 Å². The van der Waals surface area contributed by atoms with Gasteiger partial charge in [0.15, 0.2) is 0 Å². The Kier molecular flexibility index (Phi) is 5.15. The van der Waals surface area contributed by atoms with E-state index in [4.69, 9.17) is 4.74 Å². The van der Waals surface area contributed by atoms with Crippen molar-refractivity contribution in [2.45, 2.75) is 39.3 Å². The Labute approximate surface area is 167 Å². The number of likely N-dealkylation sites (tertiary alicyclic amines) is 2. The molecule has 2 fully saturated rings. The predicted molar refractivity (Wildman–Crippen MR) is 108 cm³/mol. The summed E-state index contributed by atoms with van der Waals surface area (Å²) in [6.45, 7) is 6.23. The number of benzene rings is 1. The van der Waals surface area contributed by atoms with Crippen LogP contribution in [0.25, 0.3) is 0 Å². The van der Waals surface area contributed by atoms with Crippen LogP contribution < -0.4 is 4.74 Å². The van der Waals surface area contributed by atoms with Gasteiger partial charge in [-0.3, -0.25) is 9.69 Å². The van der Waals surface area contributed by atoms with Crippen LogP contribution in [0.1, 0.15) is 36.3 Å². The van der Waals surface area contributed by atoms with Crippen molar-refractivity contribution in [3.05, 3.63) is 47.5 Å². The van der Waals surface area contributed by atoms with Crippen molar-refractivity contribution < 1.29 is 9.53 Å². The van der Waals surface area contributed by atoms with Crippen molar-refractivity contribution in [2.24, 2.45) is 12.5 Å².